The van der Waals surface area contributed by atoms with E-state index in [-0.39, 0.29) is 56.5 Å². The largest absolute Gasteiger partial charge is 0.480 e. The van der Waals surface area contributed by atoms with E-state index in [1.165, 1.54) is 71.1 Å². The van der Waals surface area contributed by atoms with E-state index in [1.807, 2.05) is 13.8 Å². The van der Waals surface area contributed by atoms with Gasteiger partial charge in [0.1, 0.15) is 29.9 Å². The first-order valence-corrected chi connectivity index (χ1v) is 24.8. The van der Waals surface area contributed by atoms with Crippen molar-refractivity contribution in [2.75, 3.05) is 13.1 Å². The van der Waals surface area contributed by atoms with E-state index >= 15 is 0 Å². The zero-order valence-electron chi connectivity index (χ0n) is 41.4. The molecule has 0 spiro atoms. The molecule has 0 aliphatic heterocycles. The third-order valence-corrected chi connectivity index (χ3v) is 11.4. The van der Waals surface area contributed by atoms with E-state index < -0.39 is 72.3 Å². The predicted molar refractivity (Wildman–Crippen MR) is 268 cm³/mol. The van der Waals surface area contributed by atoms with Gasteiger partial charge in [-0.2, -0.15) is 0 Å². The highest BCUT2D eigenvalue weighted by Gasteiger charge is 2.30. The van der Waals surface area contributed by atoms with E-state index in [0.717, 1.165) is 19.3 Å². The van der Waals surface area contributed by atoms with Gasteiger partial charge in [0.25, 0.3) is 0 Å². The second kappa shape index (κ2) is 34.3. The molecular weight excluding hydrogens is 883 g/mol. The first kappa shape index (κ1) is 59.1. The smallest absolute Gasteiger partial charge is 0.326 e. The summed E-state index contributed by atoms with van der Waals surface area (Å²) in [5.74, 6) is -4.82. The SMILES string of the molecule is CCCCCCCCCCCCCCCC(=O)Oc1ccc(CC(N)C(=O)N[C@H](C)C(=O)NCC(=O)NC(Cc2ccccc2)C(=O)NC(CC(C)C)C(=O)NC(CCCN=C(N)N)C(=O)O)cc1. The van der Waals surface area contributed by atoms with Crippen LogP contribution in [-0.4, -0.2) is 95.8 Å². The average Bonchev–Trinajstić information content (AvgIpc) is 3.30. The topological polar surface area (TPSA) is 300 Å². The molecule has 2 aromatic rings. The van der Waals surface area contributed by atoms with Crippen molar-refractivity contribution in [2.45, 2.75) is 180 Å². The molecule has 69 heavy (non-hydrogen) atoms. The summed E-state index contributed by atoms with van der Waals surface area (Å²) >= 11 is 0. The van der Waals surface area contributed by atoms with Crippen LogP contribution in [0.1, 0.15) is 148 Å². The molecule has 0 radical (unpaired) electrons. The van der Waals surface area contributed by atoms with Crippen LogP contribution in [0.3, 0.4) is 0 Å². The Bertz CT molecular complexity index is 1890. The van der Waals surface area contributed by atoms with Crippen molar-refractivity contribution < 1.29 is 43.4 Å². The number of nitrogens with two attached hydrogens (primary N) is 3. The summed E-state index contributed by atoms with van der Waals surface area (Å²) in [5, 5.41) is 22.6. The third-order valence-electron chi connectivity index (χ3n) is 11.4. The maximum absolute atomic E-state index is 13.8. The van der Waals surface area contributed by atoms with Gasteiger partial charge >= 0.3 is 11.9 Å². The van der Waals surface area contributed by atoms with Crippen LogP contribution < -0.4 is 48.5 Å². The van der Waals surface area contributed by atoms with Crippen molar-refractivity contribution >= 4 is 47.4 Å². The first-order valence-electron chi connectivity index (χ1n) is 24.8. The fourth-order valence-electron chi connectivity index (χ4n) is 7.53. The molecule has 2 rings (SSSR count). The zero-order valence-corrected chi connectivity index (χ0v) is 41.4. The molecule has 2 aromatic carbocycles. The standard InChI is InChI=1S/C51H81N9O9/c1-5-6-7-8-9-10-11-12-13-14-15-16-20-25-45(62)69-39-28-26-38(27-29-39)32-40(52)47(64)57-36(4)46(63)56-34-44(61)58-43(33-37-22-18-17-19-23-37)49(66)60-42(31-35(2)3)48(65)59-41(50(67)68)24-21-30-55-51(53)54/h17-19,22-23,26-29,35-36,40-43H,5-16,20-21,24-25,30-34,52H2,1-4H3,(H,56,63)(H,57,64)(H,58,61)(H,59,65)(H,60,66)(H,67,68)(H4,53,54,55)/t36-,40?,41?,42?,43?/m1/s1. The Morgan fingerprint density at radius 2 is 1.17 bits per heavy atom. The first-order chi connectivity index (χ1) is 33.0. The number of hydrogen-bond donors (Lipinski definition) is 9. The number of aliphatic imine (C=N–C) groups is 1. The van der Waals surface area contributed by atoms with Crippen molar-refractivity contribution in [3.05, 3.63) is 65.7 Å². The Morgan fingerprint density at radius 3 is 1.74 bits per heavy atom. The maximum Gasteiger partial charge on any atom is 0.326 e. The van der Waals surface area contributed by atoms with E-state index in [1.54, 1.807) is 54.6 Å². The van der Waals surface area contributed by atoms with Crippen LogP contribution in [0.15, 0.2) is 59.6 Å². The van der Waals surface area contributed by atoms with Gasteiger partial charge in [-0.15, -0.1) is 0 Å². The summed E-state index contributed by atoms with van der Waals surface area (Å²) in [6.07, 6.45) is 16.9. The summed E-state index contributed by atoms with van der Waals surface area (Å²) in [6, 6.07) is 9.86. The highest BCUT2D eigenvalue weighted by molar-refractivity contribution is 5.95. The lowest BCUT2D eigenvalue weighted by Gasteiger charge is -2.26. The molecule has 0 aromatic heterocycles. The number of guanidine groups is 1. The zero-order chi connectivity index (χ0) is 51.0. The van der Waals surface area contributed by atoms with Crippen molar-refractivity contribution in [3.63, 3.8) is 0 Å². The van der Waals surface area contributed by atoms with Gasteiger partial charge in [-0.25, -0.2) is 4.79 Å². The number of rotatable bonds is 36. The molecule has 5 atom stereocenters. The van der Waals surface area contributed by atoms with Gasteiger partial charge in [-0.05, 0) is 68.2 Å². The summed E-state index contributed by atoms with van der Waals surface area (Å²) in [6.45, 7) is 6.96. The van der Waals surface area contributed by atoms with Crippen molar-refractivity contribution in [3.8, 4) is 5.75 Å². The summed E-state index contributed by atoms with van der Waals surface area (Å²) in [5.41, 5.74) is 18.3. The predicted octanol–water partition coefficient (Wildman–Crippen LogP) is 4.45. The third kappa shape index (κ3) is 26.9. The fraction of sp³-hybridized carbons (Fsp3) is 0.608. The highest BCUT2D eigenvalue weighted by atomic mass is 16.5. The Kier molecular flexibility index (Phi) is 29.4. The van der Waals surface area contributed by atoms with Crippen LogP contribution in [0.4, 0.5) is 0 Å². The van der Waals surface area contributed by atoms with E-state index in [9.17, 15) is 38.7 Å². The number of ether oxygens (including phenoxy) is 1. The summed E-state index contributed by atoms with van der Waals surface area (Å²) in [7, 11) is 0. The lowest BCUT2D eigenvalue weighted by Crippen LogP contribution is -2.57. The lowest BCUT2D eigenvalue weighted by atomic mass is 10.0. The van der Waals surface area contributed by atoms with Crippen LogP contribution in [0.25, 0.3) is 0 Å². The van der Waals surface area contributed by atoms with Crippen molar-refractivity contribution in [1.82, 2.24) is 26.6 Å². The lowest BCUT2D eigenvalue weighted by molar-refractivity contribution is -0.142. The minimum atomic E-state index is -1.27. The van der Waals surface area contributed by atoms with Gasteiger partial charge in [0.05, 0.1) is 12.6 Å². The number of nitrogens with one attached hydrogen (secondary N) is 5. The number of esters is 1. The van der Waals surface area contributed by atoms with Gasteiger partial charge in [0.15, 0.2) is 5.96 Å². The Labute approximate surface area is 408 Å². The number of aliphatic carboxylic acids is 1. The van der Waals surface area contributed by atoms with Gasteiger partial charge in [-0.3, -0.25) is 33.8 Å². The molecule has 384 valence electrons. The Balaban J connectivity index is 1.85. The molecule has 18 nitrogen and oxygen atoms in total. The number of carboxylic acid groups (broad SMARTS) is 1. The monoisotopic (exact) mass is 964 g/mol. The van der Waals surface area contributed by atoms with Gasteiger partial charge in [0, 0.05) is 19.4 Å². The number of amides is 5. The van der Waals surface area contributed by atoms with Gasteiger partial charge < -0.3 is 53.6 Å². The van der Waals surface area contributed by atoms with Crippen molar-refractivity contribution in [2.24, 2.45) is 28.1 Å². The average molecular weight is 964 g/mol. The quantitative estimate of drug-likeness (QED) is 0.0151. The minimum absolute atomic E-state index is 0.0304. The molecule has 0 saturated carbocycles. The molecule has 0 fully saturated rings. The number of hydrogen-bond acceptors (Lipinski definition) is 10. The van der Waals surface area contributed by atoms with Crippen LogP contribution in [0.5, 0.6) is 5.75 Å². The Morgan fingerprint density at radius 1 is 0.623 bits per heavy atom. The van der Waals surface area contributed by atoms with Gasteiger partial charge in [-0.1, -0.05) is 140 Å². The number of unbranched alkanes of at least 4 members (excludes halogenated alkanes) is 12. The molecule has 0 aliphatic carbocycles. The summed E-state index contributed by atoms with van der Waals surface area (Å²) in [4.78, 5) is 94.6. The fourth-order valence-corrected chi connectivity index (χ4v) is 7.53. The van der Waals surface area contributed by atoms with E-state index in [4.69, 9.17) is 21.9 Å². The summed E-state index contributed by atoms with van der Waals surface area (Å²) < 4.78 is 5.50. The van der Waals surface area contributed by atoms with E-state index in [2.05, 4.69) is 38.5 Å². The molecule has 0 heterocycles. The van der Waals surface area contributed by atoms with Crippen LogP contribution in [0.2, 0.25) is 0 Å². The molecule has 0 bridgehead atoms. The maximum atomic E-state index is 13.8. The number of carbonyl (C=O) groups is 7. The number of carbonyl (C=O) groups excluding carboxylic acids is 6. The number of benzene rings is 2. The molecule has 4 unspecified atom stereocenters. The molecule has 0 saturated heterocycles. The van der Waals surface area contributed by atoms with Crippen LogP contribution in [-0.2, 0) is 46.4 Å². The number of nitrogens with zero attached hydrogens (tertiary/aromatic N) is 1. The molecule has 5 amide bonds. The second-order valence-corrected chi connectivity index (χ2v) is 18.2. The molecule has 12 N–H and O–H groups in total. The minimum Gasteiger partial charge on any atom is -0.480 e. The second-order valence-electron chi connectivity index (χ2n) is 18.2. The van der Waals surface area contributed by atoms with Crippen LogP contribution >= 0.6 is 0 Å². The Hall–Kier alpha value is -6.04. The molecule has 0 aliphatic rings. The molecular formula is C51H81N9O9. The van der Waals surface area contributed by atoms with Crippen molar-refractivity contribution in [1.29, 1.82) is 0 Å². The molecule has 18 heteroatoms. The number of carboxylic acids is 1. The van der Waals surface area contributed by atoms with Crippen LogP contribution in [0, 0.1) is 5.92 Å². The normalized spacial score (nSPS) is 13.2. The highest BCUT2D eigenvalue weighted by Crippen LogP contribution is 2.17. The van der Waals surface area contributed by atoms with Gasteiger partial charge in [0.2, 0.25) is 29.5 Å². The van der Waals surface area contributed by atoms with E-state index in [0.29, 0.717) is 23.3 Å².